The van der Waals surface area contributed by atoms with Crippen molar-refractivity contribution in [3.05, 3.63) is 30.2 Å². The number of amides is 1. The lowest BCUT2D eigenvalue weighted by atomic mass is 9.65. The lowest BCUT2D eigenvalue weighted by Gasteiger charge is -2.39. The standard InChI is InChI=1S/C21H24F3N3O2S/c1-19(2)8-13-9-20(3,11-19)12-27(13)17(28)10-30-18-25-14(15-5-4-6-29-15)7-16(26-18)21(22,23)24/h4-7,13H,8-12H2,1-3H3. The van der Waals surface area contributed by atoms with Gasteiger partial charge in [0.2, 0.25) is 5.91 Å². The SMILES string of the molecule is CC1(C)CC2CC(C)(CN2C(=O)CSc2nc(-c3ccco3)cc(C(F)(F)F)n2)C1. The molecule has 0 spiro atoms. The molecule has 2 atom stereocenters. The number of likely N-dealkylation sites (tertiary alicyclic amines) is 1. The van der Waals surface area contributed by atoms with Crippen molar-refractivity contribution in [2.75, 3.05) is 12.3 Å². The predicted molar refractivity (Wildman–Crippen MR) is 107 cm³/mol. The van der Waals surface area contributed by atoms with Crippen LogP contribution in [0.3, 0.4) is 0 Å². The van der Waals surface area contributed by atoms with Crippen LogP contribution >= 0.6 is 11.8 Å². The molecule has 5 nitrogen and oxygen atoms in total. The maximum atomic E-state index is 13.3. The summed E-state index contributed by atoms with van der Waals surface area (Å²) < 4.78 is 45.1. The molecule has 1 aliphatic carbocycles. The number of nitrogens with zero attached hydrogens (tertiary/aromatic N) is 3. The Hall–Kier alpha value is -2.03. The zero-order chi connectivity index (χ0) is 21.7. The number of halogens is 3. The normalized spacial score (nSPS) is 25.5. The van der Waals surface area contributed by atoms with Crippen LogP contribution in [0.15, 0.2) is 34.0 Å². The van der Waals surface area contributed by atoms with Gasteiger partial charge in [0.05, 0.1) is 12.0 Å². The number of carbonyl (C=O) groups is 1. The first-order valence-corrected chi connectivity index (χ1v) is 10.9. The number of thioether (sulfide) groups is 1. The fraction of sp³-hybridized carbons (Fsp3) is 0.571. The van der Waals surface area contributed by atoms with E-state index in [9.17, 15) is 18.0 Å². The monoisotopic (exact) mass is 439 g/mol. The summed E-state index contributed by atoms with van der Waals surface area (Å²) in [6.07, 6.45) is -0.252. The Balaban J connectivity index is 1.51. The number of alkyl halides is 3. The summed E-state index contributed by atoms with van der Waals surface area (Å²) in [6, 6.07) is 4.16. The van der Waals surface area contributed by atoms with E-state index in [4.69, 9.17) is 4.42 Å². The second-order valence-electron chi connectivity index (χ2n) is 9.42. The minimum atomic E-state index is -4.62. The zero-order valence-electron chi connectivity index (χ0n) is 17.1. The number of aromatic nitrogens is 2. The van der Waals surface area contributed by atoms with Crippen LogP contribution in [0.25, 0.3) is 11.5 Å². The zero-order valence-corrected chi connectivity index (χ0v) is 17.9. The van der Waals surface area contributed by atoms with Gasteiger partial charge in [0.1, 0.15) is 11.4 Å². The molecule has 2 aromatic rings. The van der Waals surface area contributed by atoms with Crippen LogP contribution in [0.4, 0.5) is 13.2 Å². The maximum absolute atomic E-state index is 13.3. The molecular formula is C21H24F3N3O2S. The molecule has 3 heterocycles. The average molecular weight is 440 g/mol. The molecule has 2 unspecified atom stereocenters. The van der Waals surface area contributed by atoms with E-state index in [-0.39, 0.29) is 45.1 Å². The third-order valence-corrected chi connectivity index (χ3v) is 6.66. The Bertz CT molecular complexity index is 945. The summed E-state index contributed by atoms with van der Waals surface area (Å²) in [6.45, 7) is 7.37. The number of hydrogen-bond donors (Lipinski definition) is 0. The predicted octanol–water partition coefficient (Wildman–Crippen LogP) is 5.27. The van der Waals surface area contributed by atoms with Crippen molar-refractivity contribution < 1.29 is 22.4 Å². The van der Waals surface area contributed by atoms with E-state index in [1.165, 1.54) is 12.3 Å². The molecule has 2 fully saturated rings. The van der Waals surface area contributed by atoms with Crippen LogP contribution in [-0.4, -0.2) is 39.1 Å². The van der Waals surface area contributed by atoms with Gasteiger partial charge in [-0.25, -0.2) is 9.97 Å². The quantitative estimate of drug-likeness (QED) is 0.480. The molecule has 2 aliphatic rings. The fourth-order valence-electron chi connectivity index (χ4n) is 5.15. The minimum Gasteiger partial charge on any atom is -0.463 e. The van der Waals surface area contributed by atoms with E-state index in [1.807, 2.05) is 4.90 Å². The van der Waals surface area contributed by atoms with Gasteiger partial charge < -0.3 is 9.32 Å². The highest BCUT2D eigenvalue weighted by atomic mass is 32.2. The number of rotatable bonds is 4. The lowest BCUT2D eigenvalue weighted by Crippen LogP contribution is -2.38. The summed E-state index contributed by atoms with van der Waals surface area (Å²) in [7, 11) is 0. The highest BCUT2D eigenvalue weighted by Crippen LogP contribution is 2.52. The van der Waals surface area contributed by atoms with Crippen molar-refractivity contribution in [1.29, 1.82) is 0 Å². The molecule has 1 amide bonds. The van der Waals surface area contributed by atoms with Gasteiger partial charge in [-0.15, -0.1) is 0 Å². The number of furan rings is 1. The Morgan fingerprint density at radius 2 is 2.07 bits per heavy atom. The summed E-state index contributed by atoms with van der Waals surface area (Å²) in [5.74, 6) is 0.151. The van der Waals surface area contributed by atoms with Gasteiger partial charge in [-0.3, -0.25) is 4.79 Å². The molecule has 2 aromatic heterocycles. The van der Waals surface area contributed by atoms with E-state index in [2.05, 4.69) is 30.7 Å². The van der Waals surface area contributed by atoms with Crippen molar-refractivity contribution in [1.82, 2.24) is 14.9 Å². The van der Waals surface area contributed by atoms with Crippen molar-refractivity contribution in [3.8, 4) is 11.5 Å². The maximum Gasteiger partial charge on any atom is 0.433 e. The van der Waals surface area contributed by atoms with Crippen LogP contribution in [0.1, 0.15) is 45.7 Å². The first-order chi connectivity index (χ1) is 13.9. The van der Waals surface area contributed by atoms with Crippen LogP contribution in [0.5, 0.6) is 0 Å². The van der Waals surface area contributed by atoms with Gasteiger partial charge in [0.15, 0.2) is 10.9 Å². The highest BCUT2D eigenvalue weighted by Gasteiger charge is 2.50. The van der Waals surface area contributed by atoms with Gasteiger partial charge in [0.25, 0.3) is 0 Å². The van der Waals surface area contributed by atoms with E-state index in [0.717, 1.165) is 37.1 Å². The van der Waals surface area contributed by atoms with Gasteiger partial charge in [-0.2, -0.15) is 13.2 Å². The molecule has 4 rings (SSSR count). The number of hydrogen-bond acceptors (Lipinski definition) is 5. The summed E-state index contributed by atoms with van der Waals surface area (Å²) >= 11 is 0.935. The molecule has 1 saturated carbocycles. The van der Waals surface area contributed by atoms with E-state index < -0.39 is 11.9 Å². The van der Waals surface area contributed by atoms with Gasteiger partial charge in [-0.1, -0.05) is 32.5 Å². The third-order valence-electron chi connectivity index (χ3n) is 5.83. The third kappa shape index (κ3) is 4.36. The molecule has 0 aromatic carbocycles. The molecule has 162 valence electrons. The van der Waals surface area contributed by atoms with Crippen molar-refractivity contribution in [3.63, 3.8) is 0 Å². The van der Waals surface area contributed by atoms with Crippen LogP contribution in [0.2, 0.25) is 0 Å². The second kappa shape index (κ2) is 7.28. The second-order valence-corrected chi connectivity index (χ2v) is 10.4. The molecule has 30 heavy (non-hydrogen) atoms. The topological polar surface area (TPSA) is 59.2 Å². The lowest BCUT2D eigenvalue weighted by molar-refractivity contribution is -0.141. The Morgan fingerprint density at radius 3 is 2.73 bits per heavy atom. The molecule has 0 N–H and O–H groups in total. The van der Waals surface area contributed by atoms with Gasteiger partial charge in [0, 0.05) is 12.6 Å². The molecule has 0 radical (unpaired) electrons. The molecule has 2 bridgehead atoms. The summed E-state index contributed by atoms with van der Waals surface area (Å²) in [5, 5.41) is -0.0849. The molecular weight excluding hydrogens is 415 g/mol. The van der Waals surface area contributed by atoms with Crippen LogP contribution < -0.4 is 0 Å². The van der Waals surface area contributed by atoms with E-state index >= 15 is 0 Å². The van der Waals surface area contributed by atoms with Crippen LogP contribution in [0, 0.1) is 10.8 Å². The van der Waals surface area contributed by atoms with E-state index in [0.29, 0.717) is 6.54 Å². The fourth-order valence-corrected chi connectivity index (χ4v) is 5.89. The highest BCUT2D eigenvalue weighted by molar-refractivity contribution is 7.99. The Labute approximate surface area is 177 Å². The summed E-state index contributed by atoms with van der Waals surface area (Å²) in [5.41, 5.74) is -0.720. The largest absolute Gasteiger partial charge is 0.463 e. The van der Waals surface area contributed by atoms with Crippen LogP contribution in [-0.2, 0) is 11.0 Å². The molecule has 9 heteroatoms. The Morgan fingerprint density at radius 1 is 1.30 bits per heavy atom. The first-order valence-electron chi connectivity index (χ1n) is 9.87. The smallest absolute Gasteiger partial charge is 0.433 e. The van der Waals surface area contributed by atoms with Gasteiger partial charge in [-0.05, 0) is 48.3 Å². The van der Waals surface area contributed by atoms with Crippen molar-refractivity contribution >= 4 is 17.7 Å². The molecule has 1 saturated heterocycles. The average Bonchev–Trinajstić information content (AvgIpc) is 3.24. The van der Waals surface area contributed by atoms with Gasteiger partial charge >= 0.3 is 6.18 Å². The van der Waals surface area contributed by atoms with Crippen molar-refractivity contribution in [2.24, 2.45) is 10.8 Å². The number of carbonyl (C=O) groups excluding carboxylic acids is 1. The first kappa shape index (κ1) is 21.2. The van der Waals surface area contributed by atoms with E-state index in [1.54, 1.807) is 6.07 Å². The summed E-state index contributed by atoms with van der Waals surface area (Å²) in [4.78, 5) is 22.6. The molecule has 1 aliphatic heterocycles. The number of fused-ring (bicyclic) bond motifs is 2. The Kier molecular flexibility index (Phi) is 5.15. The minimum absolute atomic E-state index is 0.00587. The van der Waals surface area contributed by atoms with Crippen molar-refractivity contribution in [2.45, 2.75) is 57.4 Å².